The Hall–Kier alpha value is -2.97. The topological polar surface area (TPSA) is 258 Å². The van der Waals surface area contributed by atoms with Crippen LogP contribution in [0.3, 0.4) is 0 Å². The predicted octanol–water partition coefficient (Wildman–Crippen LogP) is 7.40. The lowest BCUT2D eigenvalue weighted by atomic mass is 9.95. The monoisotopic (exact) mass is 1020 g/mol. The van der Waals surface area contributed by atoms with Crippen LogP contribution in [0.1, 0.15) is 188 Å². The minimum atomic E-state index is -0.693. The lowest BCUT2D eigenvalue weighted by Crippen LogP contribution is -2.31. The maximum atomic E-state index is 11.9. The molecule has 1 atom stereocenters. The Morgan fingerprint density at radius 2 is 1.08 bits per heavy atom. The molecule has 8 N–H and O–H groups in total. The molecule has 0 aromatic carbocycles. The van der Waals surface area contributed by atoms with Crippen LogP contribution in [0.5, 0.6) is 0 Å². The summed E-state index contributed by atoms with van der Waals surface area (Å²) in [7, 11) is 0. The Kier molecular flexibility index (Phi) is 64.3. The first-order valence-corrected chi connectivity index (χ1v) is 27.5. The number of amides is 4. The lowest BCUT2D eigenvalue weighted by Gasteiger charge is -2.17. The van der Waals surface area contributed by atoms with Crippen molar-refractivity contribution >= 4 is 30.1 Å². The van der Waals surface area contributed by atoms with Crippen molar-refractivity contribution in [1.82, 2.24) is 16.0 Å². The van der Waals surface area contributed by atoms with Gasteiger partial charge in [-0.05, 0) is 44.1 Å². The van der Waals surface area contributed by atoms with E-state index in [1.54, 1.807) is 0 Å². The molecule has 0 aromatic heterocycles. The zero-order valence-corrected chi connectivity index (χ0v) is 45.4. The number of nitrogens with one attached hydrogen (secondary N) is 3. The third-order valence-electron chi connectivity index (χ3n) is 10.7. The Balaban J connectivity index is -0.00000126. The van der Waals surface area contributed by atoms with Gasteiger partial charge >= 0.3 is 5.97 Å². The van der Waals surface area contributed by atoms with Crippen LogP contribution < -0.4 is 27.4 Å². The number of unbranched alkanes of at least 4 members (excludes halogenated alkanes) is 14. The van der Waals surface area contributed by atoms with E-state index in [2.05, 4.69) is 22.9 Å². The van der Waals surface area contributed by atoms with Gasteiger partial charge in [0.25, 0.3) is 0 Å². The van der Waals surface area contributed by atoms with Gasteiger partial charge in [0.1, 0.15) is 13.2 Å². The average Bonchev–Trinajstić information content (AvgIpc) is 3.33. The van der Waals surface area contributed by atoms with Gasteiger partial charge in [-0.25, -0.2) is 0 Å². The van der Waals surface area contributed by atoms with Gasteiger partial charge in [0.2, 0.25) is 24.1 Å². The third-order valence-corrected chi connectivity index (χ3v) is 10.7. The second kappa shape index (κ2) is 63.1. The van der Waals surface area contributed by atoms with Gasteiger partial charge in [0.05, 0.1) is 66.1 Å². The minimum absolute atomic E-state index is 0.0167. The van der Waals surface area contributed by atoms with E-state index in [1.165, 1.54) is 83.5 Å². The number of hydrogen-bond donors (Lipinski definition) is 6. The highest BCUT2D eigenvalue weighted by atomic mass is 16.5. The van der Waals surface area contributed by atoms with Crippen LogP contribution in [0.15, 0.2) is 0 Å². The summed E-state index contributed by atoms with van der Waals surface area (Å²) in [5.74, 6) is -0.676. The SMILES string of the molecule is CC(C)N.CCCCC(=O)O.CCCCCCCCCCCCCCCCC(N)=O.O=CNCCOCCOCCOCCC1CCCCCCNC(=O)COCCOCCNC(=O)COCCOCC1. The zero-order chi connectivity index (χ0) is 52.9. The Labute approximate surface area is 430 Å². The second-order valence-electron chi connectivity index (χ2n) is 18.1. The van der Waals surface area contributed by atoms with Crippen molar-refractivity contribution in [2.75, 3.05) is 112 Å². The molecule has 1 saturated heterocycles. The molecule has 71 heavy (non-hydrogen) atoms. The summed E-state index contributed by atoms with van der Waals surface area (Å²) in [4.78, 5) is 54.1. The summed E-state index contributed by atoms with van der Waals surface area (Å²) in [6.07, 6.45) is 29.4. The van der Waals surface area contributed by atoms with E-state index in [0.717, 1.165) is 64.2 Å². The van der Waals surface area contributed by atoms with Gasteiger partial charge in [-0.2, -0.15) is 0 Å². The first kappa shape index (κ1) is 72.3. The molecular weight excluding hydrogens is 915 g/mol. The number of carboxylic acid groups (broad SMARTS) is 1. The summed E-state index contributed by atoms with van der Waals surface area (Å²) >= 11 is 0. The molecule has 1 heterocycles. The molecule has 1 aliphatic rings. The van der Waals surface area contributed by atoms with Crippen molar-refractivity contribution < 1.29 is 62.2 Å². The molecule has 0 saturated carbocycles. The van der Waals surface area contributed by atoms with Crippen molar-refractivity contribution in [2.45, 2.75) is 194 Å². The fraction of sp³-hybridized carbons (Fsp3) is 0.906. The summed E-state index contributed by atoms with van der Waals surface area (Å²) in [6, 6.07) is 0.333. The van der Waals surface area contributed by atoms with Crippen molar-refractivity contribution in [3.05, 3.63) is 0 Å². The molecule has 422 valence electrons. The van der Waals surface area contributed by atoms with Gasteiger partial charge < -0.3 is 65.7 Å². The minimum Gasteiger partial charge on any atom is -0.481 e. The quantitative estimate of drug-likeness (QED) is 0.0292. The maximum absolute atomic E-state index is 11.9. The Bertz CT molecular complexity index is 1100. The Morgan fingerprint density at radius 3 is 1.59 bits per heavy atom. The first-order chi connectivity index (χ1) is 34.5. The number of ether oxygens (including phenoxy) is 7. The van der Waals surface area contributed by atoms with E-state index in [-0.39, 0.29) is 30.9 Å². The molecule has 1 unspecified atom stereocenters. The maximum Gasteiger partial charge on any atom is 0.303 e. The lowest BCUT2D eigenvalue weighted by molar-refractivity contribution is -0.137. The molecule has 0 bridgehead atoms. The molecule has 1 rings (SSSR count). The van der Waals surface area contributed by atoms with Gasteiger partial charge in [0.15, 0.2) is 0 Å². The van der Waals surface area contributed by atoms with E-state index in [4.69, 9.17) is 49.7 Å². The molecule has 1 aliphatic heterocycles. The van der Waals surface area contributed by atoms with Gasteiger partial charge in [-0.15, -0.1) is 0 Å². The van der Waals surface area contributed by atoms with Crippen LogP contribution in [-0.2, 0) is 57.1 Å². The van der Waals surface area contributed by atoms with E-state index >= 15 is 0 Å². The molecule has 0 spiro atoms. The fourth-order valence-electron chi connectivity index (χ4n) is 6.76. The summed E-state index contributed by atoms with van der Waals surface area (Å²) in [6.45, 7) is 15.3. The fourth-order valence-corrected chi connectivity index (χ4v) is 6.76. The number of primary amides is 1. The van der Waals surface area contributed by atoms with Gasteiger partial charge in [0, 0.05) is 45.7 Å². The smallest absolute Gasteiger partial charge is 0.303 e. The van der Waals surface area contributed by atoms with E-state index < -0.39 is 5.97 Å². The standard InChI is InChI=1S/C28H53N3O10.C17H35NO.C5H10O2.C3H9N/c32-25-29-9-13-37-16-18-39-17-15-35-11-6-26-5-3-1-2-4-8-30-27(33)23-41-22-20-38-14-10-31-28(34)24-40-21-19-36-12-7-26;1-2-3-4-5-6-7-8-9-10-11-12-13-14-15-16-17(18)19;1-2-3-4-5(6)7;1-3(2)4/h25-26H,1-24H2,(H,29,32)(H,30,33)(H,31,34);2-16H2,1H3,(H2,18,19);2-4H2,1H3,(H,6,7);3H,4H2,1-2H3. The van der Waals surface area contributed by atoms with Crippen molar-refractivity contribution in [3.63, 3.8) is 0 Å². The van der Waals surface area contributed by atoms with Crippen LogP contribution in [0, 0.1) is 5.92 Å². The largest absolute Gasteiger partial charge is 0.481 e. The van der Waals surface area contributed by atoms with Crippen molar-refractivity contribution in [1.29, 1.82) is 0 Å². The Morgan fingerprint density at radius 1 is 0.620 bits per heavy atom. The van der Waals surface area contributed by atoms with Crippen molar-refractivity contribution in [2.24, 2.45) is 17.4 Å². The van der Waals surface area contributed by atoms with Gasteiger partial charge in [-0.1, -0.05) is 143 Å². The van der Waals surface area contributed by atoms with E-state index in [1.807, 2.05) is 20.8 Å². The van der Waals surface area contributed by atoms with Crippen LogP contribution in [0.2, 0.25) is 0 Å². The molecule has 0 radical (unpaired) electrons. The van der Waals surface area contributed by atoms with Crippen LogP contribution in [0.4, 0.5) is 0 Å². The average molecular weight is 1020 g/mol. The number of carbonyl (C=O) groups is 5. The van der Waals surface area contributed by atoms with E-state index in [0.29, 0.717) is 130 Å². The van der Waals surface area contributed by atoms with Crippen LogP contribution in [0.25, 0.3) is 0 Å². The highest BCUT2D eigenvalue weighted by Gasteiger charge is 2.10. The number of carboxylic acids is 1. The number of aliphatic carboxylic acids is 1. The van der Waals surface area contributed by atoms with Crippen LogP contribution >= 0.6 is 0 Å². The first-order valence-electron chi connectivity index (χ1n) is 27.5. The summed E-state index contributed by atoms with van der Waals surface area (Å²) < 4.78 is 38.5. The number of rotatable bonds is 31. The number of hydrogen-bond acceptors (Lipinski definition) is 13. The highest BCUT2D eigenvalue weighted by molar-refractivity contribution is 5.77. The molecule has 0 aromatic rings. The van der Waals surface area contributed by atoms with Crippen LogP contribution in [-0.4, -0.2) is 153 Å². The van der Waals surface area contributed by atoms with Crippen molar-refractivity contribution in [3.8, 4) is 0 Å². The summed E-state index contributed by atoms with van der Waals surface area (Å²) in [5, 5.41) is 16.2. The molecular formula is C53H107N5O13. The third kappa shape index (κ3) is 73.7. The number of nitrogens with two attached hydrogens (primary N) is 2. The molecule has 18 heteroatoms. The second-order valence-corrected chi connectivity index (χ2v) is 18.1. The predicted molar refractivity (Wildman–Crippen MR) is 282 cm³/mol. The number of carbonyl (C=O) groups excluding carboxylic acids is 4. The molecule has 1 fully saturated rings. The molecule has 18 nitrogen and oxygen atoms in total. The van der Waals surface area contributed by atoms with E-state index in [9.17, 15) is 24.0 Å². The van der Waals surface area contributed by atoms with Gasteiger partial charge in [-0.3, -0.25) is 24.0 Å². The normalized spacial score (nSPS) is 16.2. The zero-order valence-electron chi connectivity index (χ0n) is 45.4. The molecule has 4 amide bonds. The summed E-state index contributed by atoms with van der Waals surface area (Å²) in [5.41, 5.74) is 10.2. The molecule has 0 aliphatic carbocycles. The highest BCUT2D eigenvalue weighted by Crippen LogP contribution is 2.19.